The Labute approximate surface area is 189 Å². The molecule has 5 rings (SSSR count). The van der Waals surface area contributed by atoms with Crippen molar-refractivity contribution in [2.24, 2.45) is 0 Å². The Morgan fingerprint density at radius 1 is 1.06 bits per heavy atom. The molecule has 2 saturated heterocycles. The summed E-state index contributed by atoms with van der Waals surface area (Å²) in [4.78, 5) is 20.0. The SMILES string of the molecule is Cc1cc(C)n(CC(=O)N2CCC[C@H](N3CCN(Cc4ccc5c(c4)OCO5)CC3)C2)n1. The van der Waals surface area contributed by atoms with Crippen molar-refractivity contribution in [2.45, 2.75) is 45.8 Å². The number of hydrogen-bond acceptors (Lipinski definition) is 6. The molecule has 2 aromatic rings. The van der Waals surface area contributed by atoms with Gasteiger partial charge >= 0.3 is 0 Å². The minimum absolute atomic E-state index is 0.183. The van der Waals surface area contributed by atoms with Gasteiger partial charge in [-0.2, -0.15) is 5.10 Å². The number of nitrogens with zero attached hydrogens (tertiary/aromatic N) is 5. The van der Waals surface area contributed by atoms with Crippen LogP contribution in [0.5, 0.6) is 11.5 Å². The van der Waals surface area contributed by atoms with Crippen molar-refractivity contribution >= 4 is 5.91 Å². The van der Waals surface area contributed by atoms with E-state index in [1.807, 2.05) is 35.6 Å². The van der Waals surface area contributed by atoms with Crippen LogP contribution in [0.4, 0.5) is 0 Å². The Bertz CT molecular complexity index is 967. The summed E-state index contributed by atoms with van der Waals surface area (Å²) in [6.07, 6.45) is 2.25. The van der Waals surface area contributed by atoms with Crippen LogP contribution in [-0.4, -0.2) is 82.5 Å². The summed E-state index contributed by atoms with van der Waals surface area (Å²) >= 11 is 0. The predicted molar refractivity (Wildman–Crippen MR) is 121 cm³/mol. The highest BCUT2D eigenvalue weighted by Gasteiger charge is 2.30. The number of piperazine rings is 1. The number of aryl methyl sites for hydroxylation is 2. The molecule has 8 nitrogen and oxygen atoms in total. The number of fused-ring (bicyclic) bond motifs is 1. The Balaban J connectivity index is 1.12. The lowest BCUT2D eigenvalue weighted by atomic mass is 10.0. The fourth-order valence-corrected chi connectivity index (χ4v) is 5.13. The van der Waals surface area contributed by atoms with E-state index in [0.717, 1.165) is 75.1 Å². The molecular formula is C24H33N5O3. The van der Waals surface area contributed by atoms with Gasteiger partial charge in [-0.3, -0.25) is 19.3 Å². The molecule has 32 heavy (non-hydrogen) atoms. The minimum atomic E-state index is 0.183. The van der Waals surface area contributed by atoms with Gasteiger partial charge in [0.1, 0.15) is 6.54 Å². The molecule has 1 aromatic carbocycles. The first-order valence-corrected chi connectivity index (χ1v) is 11.7. The van der Waals surface area contributed by atoms with Crippen molar-refractivity contribution in [1.82, 2.24) is 24.5 Å². The van der Waals surface area contributed by atoms with Gasteiger partial charge in [0.2, 0.25) is 12.7 Å². The highest BCUT2D eigenvalue weighted by molar-refractivity contribution is 5.76. The second kappa shape index (κ2) is 9.11. The molecule has 1 atom stereocenters. The fourth-order valence-electron chi connectivity index (χ4n) is 5.13. The van der Waals surface area contributed by atoms with Crippen molar-refractivity contribution < 1.29 is 14.3 Å². The summed E-state index contributed by atoms with van der Waals surface area (Å²) in [6, 6.07) is 8.72. The van der Waals surface area contributed by atoms with E-state index in [-0.39, 0.29) is 5.91 Å². The third kappa shape index (κ3) is 4.61. The highest BCUT2D eigenvalue weighted by atomic mass is 16.7. The molecule has 172 valence electrons. The Morgan fingerprint density at radius 2 is 1.88 bits per heavy atom. The number of rotatable bonds is 5. The van der Waals surface area contributed by atoms with E-state index in [4.69, 9.17) is 9.47 Å². The van der Waals surface area contributed by atoms with Gasteiger partial charge in [-0.15, -0.1) is 0 Å². The first-order valence-electron chi connectivity index (χ1n) is 11.7. The third-order valence-electron chi connectivity index (χ3n) is 6.90. The maximum Gasteiger partial charge on any atom is 0.244 e. The van der Waals surface area contributed by atoms with Crippen molar-refractivity contribution in [3.63, 3.8) is 0 Å². The van der Waals surface area contributed by atoms with E-state index in [9.17, 15) is 4.79 Å². The first-order chi connectivity index (χ1) is 15.5. The fraction of sp³-hybridized carbons (Fsp3) is 0.583. The van der Waals surface area contributed by atoms with Crippen LogP contribution in [0, 0.1) is 13.8 Å². The van der Waals surface area contributed by atoms with Gasteiger partial charge in [-0.05, 0) is 50.5 Å². The van der Waals surface area contributed by atoms with Crippen molar-refractivity contribution in [1.29, 1.82) is 0 Å². The van der Waals surface area contributed by atoms with Crippen LogP contribution < -0.4 is 9.47 Å². The molecule has 4 heterocycles. The quantitative estimate of drug-likeness (QED) is 0.711. The summed E-state index contributed by atoms with van der Waals surface area (Å²) in [5.74, 6) is 1.88. The minimum Gasteiger partial charge on any atom is -0.454 e. The van der Waals surface area contributed by atoms with Gasteiger partial charge in [-0.1, -0.05) is 6.07 Å². The van der Waals surface area contributed by atoms with Crippen molar-refractivity contribution in [3.8, 4) is 11.5 Å². The molecule has 1 aromatic heterocycles. The normalized spacial score (nSPS) is 21.8. The number of aromatic nitrogens is 2. The molecule has 2 fully saturated rings. The largest absolute Gasteiger partial charge is 0.454 e. The van der Waals surface area contributed by atoms with Gasteiger partial charge < -0.3 is 14.4 Å². The van der Waals surface area contributed by atoms with Crippen LogP contribution in [0.15, 0.2) is 24.3 Å². The molecule has 3 aliphatic rings. The topological polar surface area (TPSA) is 63.1 Å². The van der Waals surface area contributed by atoms with Crippen LogP contribution in [0.3, 0.4) is 0 Å². The maximum atomic E-state index is 12.9. The van der Waals surface area contributed by atoms with Crippen LogP contribution in [0.25, 0.3) is 0 Å². The molecule has 0 bridgehead atoms. The van der Waals surface area contributed by atoms with E-state index in [0.29, 0.717) is 19.4 Å². The molecule has 0 spiro atoms. The van der Waals surface area contributed by atoms with E-state index in [1.165, 1.54) is 12.0 Å². The number of benzene rings is 1. The number of amides is 1. The number of piperidine rings is 1. The first kappa shape index (κ1) is 21.3. The molecule has 1 amide bonds. The summed E-state index contributed by atoms with van der Waals surface area (Å²) in [6.45, 7) is 11.5. The Morgan fingerprint density at radius 3 is 2.66 bits per heavy atom. The van der Waals surface area contributed by atoms with E-state index < -0.39 is 0 Å². The van der Waals surface area contributed by atoms with E-state index in [2.05, 4.69) is 27.0 Å². The highest BCUT2D eigenvalue weighted by Crippen LogP contribution is 2.33. The van der Waals surface area contributed by atoms with Crippen molar-refractivity contribution in [2.75, 3.05) is 46.1 Å². The summed E-state index contributed by atoms with van der Waals surface area (Å²) in [5.41, 5.74) is 3.27. The van der Waals surface area contributed by atoms with Crippen LogP contribution >= 0.6 is 0 Å². The Hall–Kier alpha value is -2.58. The maximum absolute atomic E-state index is 12.9. The number of hydrogen-bond donors (Lipinski definition) is 0. The molecule has 0 N–H and O–H groups in total. The summed E-state index contributed by atoms with van der Waals surface area (Å²) in [5, 5.41) is 4.45. The molecule has 0 aliphatic carbocycles. The molecular weight excluding hydrogens is 406 g/mol. The van der Waals surface area contributed by atoms with Crippen LogP contribution in [0.2, 0.25) is 0 Å². The predicted octanol–water partition coefficient (Wildman–Crippen LogP) is 2.04. The third-order valence-corrected chi connectivity index (χ3v) is 6.90. The van der Waals surface area contributed by atoms with Gasteiger partial charge in [0.05, 0.1) is 5.69 Å². The number of likely N-dealkylation sites (tertiary alicyclic amines) is 1. The molecule has 0 radical (unpaired) electrons. The zero-order chi connectivity index (χ0) is 22.1. The zero-order valence-electron chi connectivity index (χ0n) is 19.1. The lowest BCUT2D eigenvalue weighted by molar-refractivity contribution is -0.134. The smallest absolute Gasteiger partial charge is 0.244 e. The summed E-state index contributed by atoms with van der Waals surface area (Å²) in [7, 11) is 0. The average molecular weight is 440 g/mol. The van der Waals surface area contributed by atoms with Gasteiger partial charge in [0.15, 0.2) is 11.5 Å². The number of carbonyl (C=O) groups is 1. The zero-order valence-corrected chi connectivity index (χ0v) is 19.1. The lowest BCUT2D eigenvalue weighted by Gasteiger charge is -2.43. The standard InChI is InChI=1S/C24H33N5O3/c1-18-12-19(2)29(25-18)16-24(30)28-7-3-4-21(15-28)27-10-8-26(9-11-27)14-20-5-6-22-23(13-20)32-17-31-22/h5-6,12-13,21H,3-4,7-11,14-17H2,1-2H3/t21-/m0/s1. The molecule has 3 aliphatic heterocycles. The van der Waals surface area contributed by atoms with E-state index in [1.54, 1.807) is 0 Å². The van der Waals surface area contributed by atoms with Gasteiger partial charge in [0, 0.05) is 57.5 Å². The van der Waals surface area contributed by atoms with Gasteiger partial charge in [0.25, 0.3) is 0 Å². The number of ether oxygens (including phenoxy) is 2. The lowest BCUT2D eigenvalue weighted by Crippen LogP contribution is -2.55. The van der Waals surface area contributed by atoms with Crippen LogP contribution in [0.1, 0.15) is 29.8 Å². The van der Waals surface area contributed by atoms with Crippen molar-refractivity contribution in [3.05, 3.63) is 41.2 Å². The summed E-state index contributed by atoms with van der Waals surface area (Å²) < 4.78 is 12.8. The van der Waals surface area contributed by atoms with E-state index >= 15 is 0 Å². The molecule has 0 unspecified atom stereocenters. The Kier molecular flexibility index (Phi) is 6.06. The number of carbonyl (C=O) groups excluding carboxylic acids is 1. The monoisotopic (exact) mass is 439 g/mol. The van der Waals surface area contributed by atoms with Crippen LogP contribution in [-0.2, 0) is 17.9 Å². The van der Waals surface area contributed by atoms with Gasteiger partial charge in [-0.25, -0.2) is 0 Å². The average Bonchev–Trinajstić information content (AvgIpc) is 3.39. The molecule has 0 saturated carbocycles. The second-order valence-electron chi connectivity index (χ2n) is 9.22. The second-order valence-corrected chi connectivity index (χ2v) is 9.22. The molecule has 8 heteroatoms.